The van der Waals surface area contributed by atoms with Crippen LogP contribution >= 0.6 is 0 Å². The standard InChI is InChI=1S/C20H28F3N3O2/c1-11-4-6-16(26(11)20(28)12(2)25-13(3)27)7-5-15(24)8-14-9-18(22)19(23)10-17(14)21/h9-12,15-16H,4-8,24H2,1-3H3,(H,25,27)/t11?,12-,15-,16?/m0/s1. The molecule has 5 nitrogen and oxygen atoms in total. The third-order valence-electron chi connectivity index (χ3n) is 5.27. The van der Waals surface area contributed by atoms with Gasteiger partial charge in [0.15, 0.2) is 11.6 Å². The van der Waals surface area contributed by atoms with Crippen molar-refractivity contribution in [1.82, 2.24) is 10.2 Å². The van der Waals surface area contributed by atoms with E-state index in [4.69, 9.17) is 5.73 Å². The van der Waals surface area contributed by atoms with Crippen LogP contribution in [0.25, 0.3) is 0 Å². The van der Waals surface area contributed by atoms with E-state index in [9.17, 15) is 22.8 Å². The molecule has 0 aromatic heterocycles. The zero-order chi connectivity index (χ0) is 21.0. The number of halogens is 3. The van der Waals surface area contributed by atoms with Gasteiger partial charge < -0.3 is 16.0 Å². The number of carbonyl (C=O) groups is 2. The van der Waals surface area contributed by atoms with Crippen molar-refractivity contribution in [2.75, 3.05) is 0 Å². The van der Waals surface area contributed by atoms with Gasteiger partial charge in [-0.25, -0.2) is 13.2 Å². The quantitative estimate of drug-likeness (QED) is 0.692. The summed E-state index contributed by atoms with van der Waals surface area (Å²) in [5, 5.41) is 2.61. The number of nitrogens with two attached hydrogens (primary N) is 1. The Morgan fingerprint density at radius 1 is 1.21 bits per heavy atom. The molecule has 28 heavy (non-hydrogen) atoms. The summed E-state index contributed by atoms with van der Waals surface area (Å²) in [5.41, 5.74) is 6.12. The molecule has 1 saturated heterocycles. The zero-order valence-corrected chi connectivity index (χ0v) is 16.5. The van der Waals surface area contributed by atoms with Gasteiger partial charge in [0.1, 0.15) is 11.9 Å². The molecule has 1 aromatic carbocycles. The monoisotopic (exact) mass is 399 g/mol. The number of amides is 2. The first-order chi connectivity index (χ1) is 13.1. The highest BCUT2D eigenvalue weighted by Gasteiger charge is 2.36. The molecule has 1 aliphatic rings. The summed E-state index contributed by atoms with van der Waals surface area (Å²) < 4.78 is 40.2. The fourth-order valence-corrected chi connectivity index (χ4v) is 3.85. The predicted molar refractivity (Wildman–Crippen MR) is 99.8 cm³/mol. The molecule has 0 spiro atoms. The molecule has 4 atom stereocenters. The summed E-state index contributed by atoms with van der Waals surface area (Å²) in [6.07, 6.45) is 2.90. The Hall–Kier alpha value is -2.09. The van der Waals surface area contributed by atoms with Crippen molar-refractivity contribution in [2.24, 2.45) is 5.73 Å². The Kier molecular flexibility index (Phi) is 7.46. The van der Waals surface area contributed by atoms with Gasteiger partial charge in [-0.05, 0) is 57.6 Å². The van der Waals surface area contributed by atoms with Crippen LogP contribution in [-0.2, 0) is 16.0 Å². The molecule has 2 rings (SSSR count). The van der Waals surface area contributed by atoms with Crippen LogP contribution in [-0.4, -0.2) is 40.9 Å². The lowest BCUT2D eigenvalue weighted by Gasteiger charge is -2.32. The van der Waals surface area contributed by atoms with Crippen LogP contribution in [0.1, 0.15) is 52.0 Å². The molecule has 1 aromatic rings. The molecule has 0 radical (unpaired) electrons. The fraction of sp³-hybridized carbons (Fsp3) is 0.600. The Balaban J connectivity index is 1.95. The second-order valence-electron chi connectivity index (χ2n) is 7.65. The van der Waals surface area contributed by atoms with E-state index in [0.717, 1.165) is 18.9 Å². The van der Waals surface area contributed by atoms with E-state index in [0.29, 0.717) is 18.9 Å². The van der Waals surface area contributed by atoms with Gasteiger partial charge >= 0.3 is 0 Å². The van der Waals surface area contributed by atoms with Crippen molar-refractivity contribution >= 4 is 11.8 Å². The summed E-state index contributed by atoms with van der Waals surface area (Å²) in [6.45, 7) is 4.99. The summed E-state index contributed by atoms with van der Waals surface area (Å²) in [7, 11) is 0. The van der Waals surface area contributed by atoms with Crippen LogP contribution in [0.15, 0.2) is 12.1 Å². The lowest BCUT2D eigenvalue weighted by molar-refractivity contribution is -0.138. The van der Waals surface area contributed by atoms with E-state index in [1.807, 2.05) is 6.92 Å². The Morgan fingerprint density at radius 2 is 1.86 bits per heavy atom. The van der Waals surface area contributed by atoms with E-state index in [2.05, 4.69) is 5.32 Å². The van der Waals surface area contributed by atoms with Gasteiger partial charge in [-0.1, -0.05) is 0 Å². The van der Waals surface area contributed by atoms with E-state index >= 15 is 0 Å². The van der Waals surface area contributed by atoms with Crippen molar-refractivity contribution in [3.63, 3.8) is 0 Å². The second-order valence-corrected chi connectivity index (χ2v) is 7.65. The van der Waals surface area contributed by atoms with Gasteiger partial charge in [0.25, 0.3) is 0 Å². The highest BCUT2D eigenvalue weighted by Crippen LogP contribution is 2.28. The first kappa shape index (κ1) is 22.2. The minimum Gasteiger partial charge on any atom is -0.345 e. The van der Waals surface area contributed by atoms with E-state index in [1.165, 1.54) is 6.92 Å². The van der Waals surface area contributed by atoms with Gasteiger partial charge in [0, 0.05) is 31.1 Å². The number of nitrogens with zero attached hydrogens (tertiary/aromatic N) is 1. The number of likely N-dealkylation sites (tertiary alicyclic amines) is 1. The molecule has 0 saturated carbocycles. The molecule has 156 valence electrons. The topological polar surface area (TPSA) is 75.4 Å². The third-order valence-corrected chi connectivity index (χ3v) is 5.27. The van der Waals surface area contributed by atoms with Crippen LogP contribution in [0.2, 0.25) is 0 Å². The summed E-state index contributed by atoms with van der Waals surface area (Å²) in [5.74, 6) is -3.54. The van der Waals surface area contributed by atoms with Gasteiger partial charge in [0.2, 0.25) is 11.8 Å². The summed E-state index contributed by atoms with van der Waals surface area (Å²) in [4.78, 5) is 25.7. The highest BCUT2D eigenvalue weighted by atomic mass is 19.2. The lowest BCUT2D eigenvalue weighted by Crippen LogP contribution is -2.50. The molecule has 2 unspecified atom stereocenters. The molecule has 1 heterocycles. The maximum Gasteiger partial charge on any atom is 0.245 e. The molecule has 8 heteroatoms. The number of carbonyl (C=O) groups excluding carboxylic acids is 2. The second kappa shape index (κ2) is 9.41. The van der Waals surface area contributed by atoms with Crippen LogP contribution in [0.5, 0.6) is 0 Å². The molecule has 0 bridgehead atoms. The summed E-state index contributed by atoms with van der Waals surface area (Å²) in [6, 6.07) is 0.367. The molecule has 0 aliphatic carbocycles. The molecule has 3 N–H and O–H groups in total. The zero-order valence-electron chi connectivity index (χ0n) is 16.5. The smallest absolute Gasteiger partial charge is 0.245 e. The van der Waals surface area contributed by atoms with Crippen LogP contribution in [0.4, 0.5) is 13.2 Å². The predicted octanol–water partition coefficient (Wildman–Crippen LogP) is 2.66. The molecule has 2 amide bonds. The van der Waals surface area contributed by atoms with Gasteiger partial charge in [0.05, 0.1) is 0 Å². The third kappa shape index (κ3) is 5.47. The van der Waals surface area contributed by atoms with E-state index < -0.39 is 29.5 Å². The van der Waals surface area contributed by atoms with Gasteiger partial charge in [-0.2, -0.15) is 0 Å². The fourth-order valence-electron chi connectivity index (χ4n) is 3.85. The Bertz CT molecular complexity index is 729. The molecular weight excluding hydrogens is 371 g/mol. The number of rotatable bonds is 7. The van der Waals surface area contributed by atoms with Crippen LogP contribution < -0.4 is 11.1 Å². The summed E-state index contributed by atoms with van der Waals surface area (Å²) >= 11 is 0. The number of hydrogen-bond acceptors (Lipinski definition) is 3. The van der Waals surface area contributed by atoms with Crippen molar-refractivity contribution < 1.29 is 22.8 Å². The average Bonchev–Trinajstić information content (AvgIpc) is 2.97. The average molecular weight is 399 g/mol. The Labute approximate surface area is 163 Å². The van der Waals surface area contributed by atoms with E-state index in [1.54, 1.807) is 11.8 Å². The van der Waals surface area contributed by atoms with Gasteiger partial charge in [-0.3, -0.25) is 9.59 Å². The number of nitrogens with one attached hydrogen (secondary N) is 1. The number of hydrogen-bond donors (Lipinski definition) is 2. The van der Waals surface area contributed by atoms with Crippen LogP contribution in [0.3, 0.4) is 0 Å². The first-order valence-corrected chi connectivity index (χ1v) is 9.58. The SMILES string of the molecule is CC(=O)N[C@@H](C)C(=O)N1C(C)CCC1CC[C@H](N)Cc1cc(F)c(F)cc1F. The Morgan fingerprint density at radius 3 is 2.50 bits per heavy atom. The minimum atomic E-state index is -1.22. The molecule has 1 aliphatic heterocycles. The molecular formula is C20H28F3N3O2. The van der Waals surface area contributed by atoms with Crippen molar-refractivity contribution in [2.45, 2.75) is 77.0 Å². The van der Waals surface area contributed by atoms with E-state index in [-0.39, 0.29) is 35.9 Å². The van der Waals surface area contributed by atoms with Crippen molar-refractivity contribution in [1.29, 1.82) is 0 Å². The van der Waals surface area contributed by atoms with Crippen molar-refractivity contribution in [3.8, 4) is 0 Å². The maximum absolute atomic E-state index is 13.8. The minimum absolute atomic E-state index is 0.0143. The van der Waals surface area contributed by atoms with Crippen molar-refractivity contribution in [3.05, 3.63) is 35.1 Å². The first-order valence-electron chi connectivity index (χ1n) is 9.58. The van der Waals surface area contributed by atoms with Gasteiger partial charge in [-0.15, -0.1) is 0 Å². The molecule has 1 fully saturated rings. The maximum atomic E-state index is 13.8. The number of benzene rings is 1. The lowest BCUT2D eigenvalue weighted by atomic mass is 9.98. The normalized spacial score (nSPS) is 21.5. The highest BCUT2D eigenvalue weighted by molar-refractivity contribution is 5.87. The van der Waals surface area contributed by atoms with Crippen LogP contribution in [0, 0.1) is 17.5 Å². The largest absolute Gasteiger partial charge is 0.345 e.